The van der Waals surface area contributed by atoms with Crippen molar-refractivity contribution in [2.45, 2.75) is 13.8 Å². The van der Waals surface area contributed by atoms with E-state index in [1.807, 2.05) is 0 Å². The number of esters is 1. The van der Waals surface area contributed by atoms with Crippen LogP contribution in [0.4, 0.5) is 11.4 Å². The van der Waals surface area contributed by atoms with E-state index in [1.165, 1.54) is 31.2 Å². The molecule has 0 aliphatic carbocycles. The number of nitrogens with zero attached hydrogens (tertiary/aromatic N) is 1. The zero-order valence-electron chi connectivity index (χ0n) is 13.2. The molecule has 24 heavy (non-hydrogen) atoms. The fourth-order valence-electron chi connectivity index (χ4n) is 2.20. The maximum atomic E-state index is 12.4. The molecule has 0 atom stereocenters. The third-order valence-corrected chi connectivity index (χ3v) is 3.38. The Morgan fingerprint density at radius 3 is 2.58 bits per heavy atom. The summed E-state index contributed by atoms with van der Waals surface area (Å²) in [6.07, 6.45) is 0. The number of nitrogens with one attached hydrogen (secondary N) is 1. The smallest absolute Gasteiger partial charge is 0.338 e. The topological polar surface area (TPSA) is 98.5 Å². The van der Waals surface area contributed by atoms with Gasteiger partial charge in [0.1, 0.15) is 0 Å². The first kappa shape index (κ1) is 17.1. The minimum Gasteiger partial charge on any atom is -0.462 e. The van der Waals surface area contributed by atoms with Crippen LogP contribution in [-0.4, -0.2) is 23.4 Å². The highest BCUT2D eigenvalue weighted by atomic mass is 16.6. The Hall–Kier alpha value is -3.22. The third kappa shape index (κ3) is 3.75. The van der Waals surface area contributed by atoms with Gasteiger partial charge in [0.2, 0.25) is 0 Å². The summed E-state index contributed by atoms with van der Waals surface area (Å²) in [5.74, 6) is -0.975. The summed E-state index contributed by atoms with van der Waals surface area (Å²) < 4.78 is 4.91. The number of nitro benzene ring substituents is 1. The van der Waals surface area contributed by atoms with Crippen molar-refractivity contribution >= 4 is 23.3 Å². The highest BCUT2D eigenvalue weighted by molar-refractivity contribution is 6.06. The first-order valence-corrected chi connectivity index (χ1v) is 7.26. The van der Waals surface area contributed by atoms with Crippen molar-refractivity contribution in [3.05, 3.63) is 69.3 Å². The van der Waals surface area contributed by atoms with Crippen molar-refractivity contribution in [3.8, 4) is 0 Å². The first-order valence-electron chi connectivity index (χ1n) is 7.26. The summed E-state index contributed by atoms with van der Waals surface area (Å²) in [6.45, 7) is 3.47. The van der Waals surface area contributed by atoms with Crippen molar-refractivity contribution in [2.24, 2.45) is 0 Å². The maximum Gasteiger partial charge on any atom is 0.338 e. The molecular weight excluding hydrogens is 312 g/mol. The van der Waals surface area contributed by atoms with Crippen LogP contribution in [0.15, 0.2) is 42.5 Å². The molecule has 0 saturated carbocycles. The van der Waals surface area contributed by atoms with Gasteiger partial charge < -0.3 is 10.1 Å². The monoisotopic (exact) mass is 328 g/mol. The van der Waals surface area contributed by atoms with Gasteiger partial charge in [-0.2, -0.15) is 0 Å². The summed E-state index contributed by atoms with van der Waals surface area (Å²) >= 11 is 0. The average molecular weight is 328 g/mol. The van der Waals surface area contributed by atoms with Crippen molar-refractivity contribution in [3.63, 3.8) is 0 Å². The zero-order chi connectivity index (χ0) is 17.7. The van der Waals surface area contributed by atoms with Gasteiger partial charge in [-0.05, 0) is 38.1 Å². The molecule has 1 amide bonds. The summed E-state index contributed by atoms with van der Waals surface area (Å²) in [6, 6.07) is 10.6. The second kappa shape index (κ2) is 7.36. The molecule has 2 aromatic rings. The number of nitro groups is 1. The normalized spacial score (nSPS) is 10.1. The molecule has 0 aliphatic rings. The fraction of sp³-hybridized carbons (Fsp3) is 0.176. The third-order valence-electron chi connectivity index (χ3n) is 3.38. The molecule has 2 aromatic carbocycles. The number of anilines is 1. The SMILES string of the molecule is CCOC(=O)c1cccc(NC(=O)c2cccc([N+](=O)[O-])c2C)c1. The number of benzene rings is 2. The van der Waals surface area contributed by atoms with Crippen LogP contribution < -0.4 is 5.32 Å². The molecule has 0 radical (unpaired) electrons. The van der Waals surface area contributed by atoms with Crippen molar-refractivity contribution in [2.75, 3.05) is 11.9 Å². The number of ether oxygens (including phenoxy) is 1. The summed E-state index contributed by atoms with van der Waals surface area (Å²) in [5.41, 5.74) is 1.07. The lowest BCUT2D eigenvalue weighted by molar-refractivity contribution is -0.385. The van der Waals surface area contributed by atoms with Crippen molar-refractivity contribution in [1.29, 1.82) is 0 Å². The van der Waals surface area contributed by atoms with Crippen LogP contribution in [0.2, 0.25) is 0 Å². The van der Waals surface area contributed by atoms with Gasteiger partial charge in [-0.1, -0.05) is 12.1 Å². The molecule has 0 heterocycles. The van der Waals surface area contributed by atoms with E-state index in [-0.39, 0.29) is 23.4 Å². The van der Waals surface area contributed by atoms with Crippen LogP contribution in [-0.2, 0) is 4.74 Å². The zero-order valence-corrected chi connectivity index (χ0v) is 13.2. The molecule has 0 fully saturated rings. The van der Waals surface area contributed by atoms with E-state index in [0.29, 0.717) is 11.3 Å². The van der Waals surface area contributed by atoms with Crippen LogP contribution in [0, 0.1) is 17.0 Å². The Morgan fingerprint density at radius 2 is 1.92 bits per heavy atom. The van der Waals surface area contributed by atoms with Crippen LogP contribution in [0.3, 0.4) is 0 Å². The van der Waals surface area contributed by atoms with Crippen LogP contribution in [0.1, 0.15) is 33.2 Å². The number of carbonyl (C=O) groups is 2. The Balaban J connectivity index is 2.25. The Kier molecular flexibility index (Phi) is 5.26. The number of rotatable bonds is 5. The highest BCUT2D eigenvalue weighted by Gasteiger charge is 2.18. The molecule has 7 nitrogen and oxygen atoms in total. The number of amides is 1. The van der Waals surface area contributed by atoms with E-state index >= 15 is 0 Å². The minimum atomic E-state index is -0.534. The molecular formula is C17H16N2O5. The van der Waals surface area contributed by atoms with E-state index in [4.69, 9.17) is 4.74 Å². The van der Waals surface area contributed by atoms with Gasteiger partial charge >= 0.3 is 5.97 Å². The van der Waals surface area contributed by atoms with Gasteiger partial charge in [0.15, 0.2) is 0 Å². The predicted molar refractivity (Wildman–Crippen MR) is 88.2 cm³/mol. The van der Waals surface area contributed by atoms with E-state index in [9.17, 15) is 19.7 Å². The molecule has 0 aromatic heterocycles. The number of hydrogen-bond donors (Lipinski definition) is 1. The van der Waals surface area contributed by atoms with E-state index in [0.717, 1.165) is 0 Å². The van der Waals surface area contributed by atoms with E-state index in [1.54, 1.807) is 25.1 Å². The molecule has 0 bridgehead atoms. The maximum absolute atomic E-state index is 12.4. The minimum absolute atomic E-state index is 0.122. The van der Waals surface area contributed by atoms with Crippen LogP contribution in [0.5, 0.6) is 0 Å². The molecule has 0 saturated heterocycles. The lowest BCUT2D eigenvalue weighted by atomic mass is 10.1. The molecule has 7 heteroatoms. The molecule has 0 spiro atoms. The fourth-order valence-corrected chi connectivity index (χ4v) is 2.20. The standard InChI is InChI=1S/C17H16N2O5/c1-3-24-17(21)12-6-4-7-13(10-12)18-16(20)14-8-5-9-15(11(14)2)19(22)23/h4-10H,3H2,1-2H3,(H,18,20). The van der Waals surface area contributed by atoms with Crippen LogP contribution in [0.25, 0.3) is 0 Å². The molecule has 0 aliphatic heterocycles. The second-order valence-electron chi connectivity index (χ2n) is 4.96. The second-order valence-corrected chi connectivity index (χ2v) is 4.96. The van der Waals surface area contributed by atoms with Crippen molar-refractivity contribution in [1.82, 2.24) is 0 Å². The van der Waals surface area contributed by atoms with Crippen LogP contribution >= 0.6 is 0 Å². The number of hydrogen-bond acceptors (Lipinski definition) is 5. The Morgan fingerprint density at radius 1 is 1.21 bits per heavy atom. The molecule has 2 rings (SSSR count). The van der Waals surface area contributed by atoms with Gasteiger partial charge in [-0.25, -0.2) is 4.79 Å². The number of carbonyl (C=O) groups excluding carboxylic acids is 2. The largest absolute Gasteiger partial charge is 0.462 e. The first-order chi connectivity index (χ1) is 11.4. The Bertz CT molecular complexity index is 801. The summed E-state index contributed by atoms with van der Waals surface area (Å²) in [7, 11) is 0. The lowest BCUT2D eigenvalue weighted by Crippen LogP contribution is -2.14. The summed E-state index contributed by atoms with van der Waals surface area (Å²) in [4.78, 5) is 34.5. The summed E-state index contributed by atoms with van der Waals surface area (Å²) in [5, 5.41) is 13.6. The predicted octanol–water partition coefficient (Wildman–Crippen LogP) is 3.33. The Labute approximate surface area is 138 Å². The van der Waals surface area contributed by atoms with Crippen molar-refractivity contribution < 1.29 is 19.2 Å². The lowest BCUT2D eigenvalue weighted by Gasteiger charge is -2.09. The van der Waals surface area contributed by atoms with E-state index in [2.05, 4.69) is 5.32 Å². The van der Waals surface area contributed by atoms with Gasteiger partial charge in [0.05, 0.1) is 17.1 Å². The van der Waals surface area contributed by atoms with Gasteiger partial charge in [-0.15, -0.1) is 0 Å². The van der Waals surface area contributed by atoms with Gasteiger partial charge in [0, 0.05) is 22.9 Å². The average Bonchev–Trinajstić information content (AvgIpc) is 2.55. The molecule has 124 valence electrons. The van der Waals surface area contributed by atoms with E-state index < -0.39 is 16.8 Å². The molecule has 1 N–H and O–H groups in total. The van der Waals surface area contributed by atoms with Gasteiger partial charge in [0.25, 0.3) is 11.6 Å². The van der Waals surface area contributed by atoms with Gasteiger partial charge in [-0.3, -0.25) is 14.9 Å². The molecule has 0 unspecified atom stereocenters. The highest BCUT2D eigenvalue weighted by Crippen LogP contribution is 2.22. The quantitative estimate of drug-likeness (QED) is 0.515.